The first-order valence-electron chi connectivity index (χ1n) is 11.1. The van der Waals surface area contributed by atoms with Crippen molar-refractivity contribution in [2.45, 2.75) is 12.8 Å². The smallest absolute Gasteiger partial charge is 0.123 e. The van der Waals surface area contributed by atoms with E-state index in [1.807, 2.05) is 24.4 Å². The third-order valence-electron chi connectivity index (χ3n) is 6.29. The largest absolute Gasteiger partial charge is 0.368 e. The van der Waals surface area contributed by atoms with E-state index in [-0.39, 0.29) is 11.6 Å². The number of fused-ring (bicyclic) bond motifs is 1. The SMILES string of the molecule is Fc1ccc(N2CCN(CCCc3c[nH]c4ccc(F)cc34)CC2)c(-c2cccnc2)c1. The van der Waals surface area contributed by atoms with Crippen molar-refractivity contribution in [1.29, 1.82) is 0 Å². The molecule has 0 spiro atoms. The van der Waals surface area contributed by atoms with Gasteiger partial charge in [0.05, 0.1) is 0 Å². The highest BCUT2D eigenvalue weighted by molar-refractivity contribution is 5.83. The Balaban J connectivity index is 1.19. The molecule has 0 unspecified atom stereocenters. The van der Waals surface area contributed by atoms with Crippen LogP contribution >= 0.6 is 0 Å². The van der Waals surface area contributed by atoms with Gasteiger partial charge in [-0.2, -0.15) is 0 Å². The minimum Gasteiger partial charge on any atom is -0.368 e. The maximum absolute atomic E-state index is 14.0. The Morgan fingerprint density at radius 2 is 1.75 bits per heavy atom. The van der Waals surface area contributed by atoms with Crippen molar-refractivity contribution in [3.63, 3.8) is 0 Å². The number of hydrogen-bond acceptors (Lipinski definition) is 3. The number of pyridine rings is 1. The molecule has 0 bridgehead atoms. The lowest BCUT2D eigenvalue weighted by atomic mass is 10.0. The summed E-state index contributed by atoms with van der Waals surface area (Å²) in [5, 5.41) is 0.981. The molecule has 4 nitrogen and oxygen atoms in total. The van der Waals surface area contributed by atoms with E-state index in [0.717, 1.165) is 73.3 Å². The third-order valence-corrected chi connectivity index (χ3v) is 6.29. The summed E-state index contributed by atoms with van der Waals surface area (Å²) < 4.78 is 27.6. The molecule has 2 aromatic heterocycles. The van der Waals surface area contributed by atoms with Gasteiger partial charge in [-0.1, -0.05) is 6.07 Å². The molecule has 0 amide bonds. The van der Waals surface area contributed by atoms with Crippen LogP contribution < -0.4 is 4.90 Å². The molecule has 1 N–H and O–H groups in total. The minimum absolute atomic E-state index is 0.194. The summed E-state index contributed by atoms with van der Waals surface area (Å²) in [5.41, 5.74) is 5.03. The molecule has 3 heterocycles. The maximum atomic E-state index is 14.0. The number of rotatable bonds is 6. The van der Waals surface area contributed by atoms with E-state index in [1.165, 1.54) is 17.7 Å². The lowest BCUT2D eigenvalue weighted by molar-refractivity contribution is 0.255. The lowest BCUT2D eigenvalue weighted by Crippen LogP contribution is -2.46. The number of benzene rings is 2. The Labute approximate surface area is 186 Å². The van der Waals surface area contributed by atoms with Gasteiger partial charge in [0.1, 0.15) is 11.6 Å². The van der Waals surface area contributed by atoms with Crippen LogP contribution in [0.2, 0.25) is 0 Å². The second-order valence-corrected chi connectivity index (χ2v) is 8.34. The normalized spacial score (nSPS) is 14.9. The van der Waals surface area contributed by atoms with Crippen LogP contribution in [0.1, 0.15) is 12.0 Å². The maximum Gasteiger partial charge on any atom is 0.123 e. The summed E-state index contributed by atoms with van der Waals surface area (Å²) in [6.45, 7) is 4.74. The van der Waals surface area contributed by atoms with Gasteiger partial charge in [-0.3, -0.25) is 9.88 Å². The first-order chi connectivity index (χ1) is 15.7. The summed E-state index contributed by atoms with van der Waals surface area (Å²) in [7, 11) is 0. The molecule has 0 atom stereocenters. The van der Waals surface area contributed by atoms with Gasteiger partial charge < -0.3 is 9.88 Å². The van der Waals surface area contributed by atoms with Crippen LogP contribution in [-0.2, 0) is 6.42 Å². The summed E-state index contributed by atoms with van der Waals surface area (Å²) in [4.78, 5) is 12.2. The van der Waals surface area contributed by atoms with Gasteiger partial charge in [-0.05, 0) is 67.4 Å². The number of nitrogens with zero attached hydrogens (tertiary/aromatic N) is 3. The molecule has 4 aromatic rings. The molecule has 1 aliphatic rings. The molecule has 0 saturated carbocycles. The zero-order valence-corrected chi connectivity index (χ0v) is 17.9. The Hall–Kier alpha value is -3.25. The van der Waals surface area contributed by atoms with Gasteiger partial charge in [-0.25, -0.2) is 8.78 Å². The molecule has 1 fully saturated rings. The number of aryl methyl sites for hydroxylation is 1. The minimum atomic E-state index is -0.233. The Bertz CT molecular complexity index is 1200. The van der Waals surface area contributed by atoms with Crippen molar-refractivity contribution >= 4 is 16.6 Å². The van der Waals surface area contributed by atoms with Crippen molar-refractivity contribution in [3.8, 4) is 11.1 Å². The molecule has 2 aromatic carbocycles. The predicted molar refractivity (Wildman–Crippen MR) is 125 cm³/mol. The fourth-order valence-electron chi connectivity index (χ4n) is 4.60. The number of halogens is 2. The third kappa shape index (κ3) is 4.36. The van der Waals surface area contributed by atoms with Gasteiger partial charge in [0.25, 0.3) is 0 Å². The van der Waals surface area contributed by atoms with E-state index < -0.39 is 0 Å². The highest BCUT2D eigenvalue weighted by Gasteiger charge is 2.20. The number of H-pyrrole nitrogens is 1. The Kier molecular flexibility index (Phi) is 5.86. The second-order valence-electron chi connectivity index (χ2n) is 8.34. The van der Waals surface area contributed by atoms with Crippen molar-refractivity contribution < 1.29 is 8.78 Å². The van der Waals surface area contributed by atoms with Gasteiger partial charge in [-0.15, -0.1) is 0 Å². The van der Waals surface area contributed by atoms with Crippen LogP contribution in [0.25, 0.3) is 22.0 Å². The fraction of sp³-hybridized carbons (Fsp3) is 0.269. The van der Waals surface area contributed by atoms with E-state index in [0.29, 0.717) is 0 Å². The molecule has 32 heavy (non-hydrogen) atoms. The summed E-state index contributed by atoms with van der Waals surface area (Å²) in [6.07, 6.45) is 7.46. The number of aromatic nitrogens is 2. The van der Waals surface area contributed by atoms with E-state index in [2.05, 4.69) is 19.8 Å². The highest BCUT2D eigenvalue weighted by atomic mass is 19.1. The molecule has 5 rings (SSSR count). The lowest BCUT2D eigenvalue weighted by Gasteiger charge is -2.37. The molecule has 1 saturated heterocycles. The average molecular weight is 433 g/mol. The zero-order valence-electron chi connectivity index (χ0n) is 17.9. The van der Waals surface area contributed by atoms with E-state index in [4.69, 9.17) is 0 Å². The summed E-state index contributed by atoms with van der Waals surface area (Å²) >= 11 is 0. The van der Waals surface area contributed by atoms with Gasteiger partial charge in [0, 0.05) is 72.5 Å². The highest BCUT2D eigenvalue weighted by Crippen LogP contribution is 2.32. The number of aromatic amines is 1. The zero-order chi connectivity index (χ0) is 21.9. The van der Waals surface area contributed by atoms with E-state index in [9.17, 15) is 8.78 Å². The summed E-state index contributed by atoms with van der Waals surface area (Å²) in [6, 6.07) is 13.8. The van der Waals surface area contributed by atoms with Crippen LogP contribution in [-0.4, -0.2) is 47.6 Å². The first kappa shape index (κ1) is 20.6. The Morgan fingerprint density at radius 3 is 2.56 bits per heavy atom. The number of anilines is 1. The van der Waals surface area contributed by atoms with Crippen LogP contribution in [0.5, 0.6) is 0 Å². The average Bonchev–Trinajstić information content (AvgIpc) is 3.22. The van der Waals surface area contributed by atoms with Crippen molar-refractivity contribution in [1.82, 2.24) is 14.9 Å². The van der Waals surface area contributed by atoms with Gasteiger partial charge in [0.15, 0.2) is 0 Å². The van der Waals surface area contributed by atoms with Crippen LogP contribution in [0.3, 0.4) is 0 Å². The number of hydrogen-bond donors (Lipinski definition) is 1. The predicted octanol–water partition coefficient (Wildman–Crippen LogP) is 5.26. The topological polar surface area (TPSA) is 35.2 Å². The molecule has 6 heteroatoms. The molecule has 1 aliphatic heterocycles. The standard InChI is InChI=1S/C26H26F2N4/c27-21-5-7-25-23(15-21)20(18-30-25)4-2-10-31-11-13-32(14-12-31)26-8-6-22(28)16-24(26)19-3-1-9-29-17-19/h1,3,5-9,15-18,30H,2,4,10-14H2. The first-order valence-corrected chi connectivity index (χ1v) is 11.1. The number of nitrogens with one attached hydrogen (secondary N) is 1. The van der Waals surface area contributed by atoms with E-state index >= 15 is 0 Å². The van der Waals surface area contributed by atoms with Crippen LogP contribution in [0.4, 0.5) is 14.5 Å². The van der Waals surface area contributed by atoms with E-state index in [1.54, 1.807) is 30.6 Å². The molecular weight excluding hydrogens is 406 g/mol. The van der Waals surface area contributed by atoms with Crippen molar-refractivity contribution in [2.24, 2.45) is 0 Å². The number of piperazine rings is 1. The molecule has 0 aliphatic carbocycles. The van der Waals surface area contributed by atoms with Gasteiger partial charge >= 0.3 is 0 Å². The molecule has 164 valence electrons. The van der Waals surface area contributed by atoms with Crippen LogP contribution in [0.15, 0.2) is 67.1 Å². The van der Waals surface area contributed by atoms with Crippen molar-refractivity contribution in [3.05, 3.63) is 84.3 Å². The quantitative estimate of drug-likeness (QED) is 0.451. The monoisotopic (exact) mass is 432 g/mol. The summed E-state index contributed by atoms with van der Waals surface area (Å²) in [5.74, 6) is -0.427. The molecular formula is C26H26F2N4. The second kappa shape index (κ2) is 9.09. The fourth-order valence-corrected chi connectivity index (χ4v) is 4.60. The van der Waals surface area contributed by atoms with Gasteiger partial charge in [0.2, 0.25) is 0 Å². The van der Waals surface area contributed by atoms with Crippen LogP contribution in [0, 0.1) is 11.6 Å². The molecule has 0 radical (unpaired) electrons. The van der Waals surface area contributed by atoms with Crippen molar-refractivity contribution in [2.75, 3.05) is 37.6 Å². The Morgan fingerprint density at radius 1 is 0.938 bits per heavy atom.